The van der Waals surface area contributed by atoms with Crippen molar-refractivity contribution < 1.29 is 4.74 Å². The van der Waals surface area contributed by atoms with Gasteiger partial charge in [0.15, 0.2) is 0 Å². The van der Waals surface area contributed by atoms with Gasteiger partial charge in [-0.2, -0.15) is 0 Å². The Bertz CT molecular complexity index is 384. The third-order valence-electron chi connectivity index (χ3n) is 3.91. The maximum absolute atomic E-state index is 6.11. The van der Waals surface area contributed by atoms with Crippen molar-refractivity contribution in [3.8, 4) is 0 Å². The molecule has 0 radical (unpaired) electrons. The molecule has 0 spiro atoms. The van der Waals surface area contributed by atoms with Crippen LogP contribution in [0.4, 0.5) is 0 Å². The molecule has 19 heavy (non-hydrogen) atoms. The minimum absolute atomic E-state index is 0.110. The van der Waals surface area contributed by atoms with Crippen molar-refractivity contribution in [2.24, 2.45) is 0 Å². The van der Waals surface area contributed by atoms with Crippen LogP contribution in [0.25, 0.3) is 0 Å². The van der Waals surface area contributed by atoms with Crippen molar-refractivity contribution in [1.82, 2.24) is 5.32 Å². The summed E-state index contributed by atoms with van der Waals surface area (Å²) in [6, 6.07) is 8.38. The van der Waals surface area contributed by atoms with Crippen molar-refractivity contribution in [3.63, 3.8) is 0 Å². The van der Waals surface area contributed by atoms with Crippen molar-refractivity contribution >= 4 is 11.6 Å². The predicted octanol–water partition coefficient (Wildman–Crippen LogP) is 4.34. The van der Waals surface area contributed by atoms with Crippen LogP contribution in [0, 0.1) is 0 Å². The van der Waals surface area contributed by atoms with Crippen LogP contribution in [0.15, 0.2) is 24.3 Å². The van der Waals surface area contributed by atoms with Gasteiger partial charge in [0, 0.05) is 11.6 Å². The van der Waals surface area contributed by atoms with Crippen LogP contribution in [-0.4, -0.2) is 18.8 Å². The highest BCUT2D eigenvalue weighted by Crippen LogP contribution is 2.36. The summed E-state index contributed by atoms with van der Waals surface area (Å²) in [5.74, 6) is 0. The van der Waals surface area contributed by atoms with E-state index in [2.05, 4.69) is 31.3 Å². The van der Waals surface area contributed by atoms with Crippen LogP contribution in [0.1, 0.15) is 51.1 Å². The van der Waals surface area contributed by atoms with E-state index in [0.29, 0.717) is 0 Å². The van der Waals surface area contributed by atoms with E-state index in [1.165, 1.54) is 18.4 Å². The van der Waals surface area contributed by atoms with Crippen LogP contribution in [0.2, 0.25) is 5.02 Å². The zero-order chi connectivity index (χ0) is 13.7. The SMILES string of the molecule is CCCNC(c1ccc(Cl)cc1)C1(C)CCCCO1. The van der Waals surface area contributed by atoms with Crippen LogP contribution in [0.5, 0.6) is 0 Å². The van der Waals surface area contributed by atoms with E-state index in [9.17, 15) is 0 Å². The molecule has 0 amide bonds. The number of rotatable bonds is 5. The molecular weight excluding hydrogens is 258 g/mol. The topological polar surface area (TPSA) is 21.3 Å². The molecule has 0 aromatic heterocycles. The molecule has 0 saturated carbocycles. The molecule has 2 rings (SSSR count). The third-order valence-corrected chi connectivity index (χ3v) is 4.16. The highest BCUT2D eigenvalue weighted by Gasteiger charge is 2.37. The van der Waals surface area contributed by atoms with Gasteiger partial charge in [-0.15, -0.1) is 0 Å². The first-order valence-electron chi connectivity index (χ1n) is 7.28. The first-order valence-corrected chi connectivity index (χ1v) is 7.66. The van der Waals surface area contributed by atoms with E-state index in [1.807, 2.05) is 12.1 Å². The van der Waals surface area contributed by atoms with Gasteiger partial charge >= 0.3 is 0 Å². The second-order valence-corrected chi connectivity index (χ2v) is 5.99. The minimum Gasteiger partial charge on any atom is -0.373 e. The Kier molecular flexibility index (Phi) is 5.26. The molecule has 1 N–H and O–H groups in total. The monoisotopic (exact) mass is 281 g/mol. The van der Waals surface area contributed by atoms with Crippen molar-refractivity contribution in [3.05, 3.63) is 34.9 Å². The number of ether oxygens (including phenoxy) is 1. The molecule has 2 atom stereocenters. The Labute approximate surface area is 121 Å². The molecule has 2 unspecified atom stereocenters. The Balaban J connectivity index is 2.21. The second-order valence-electron chi connectivity index (χ2n) is 5.56. The van der Waals surface area contributed by atoms with E-state index in [0.717, 1.165) is 31.0 Å². The molecule has 3 heteroatoms. The van der Waals surface area contributed by atoms with Crippen LogP contribution < -0.4 is 5.32 Å². The number of hydrogen-bond acceptors (Lipinski definition) is 2. The Morgan fingerprint density at radius 2 is 2.05 bits per heavy atom. The number of benzene rings is 1. The maximum atomic E-state index is 6.11. The maximum Gasteiger partial charge on any atom is 0.0848 e. The van der Waals surface area contributed by atoms with Gasteiger partial charge in [-0.3, -0.25) is 0 Å². The van der Waals surface area contributed by atoms with E-state index >= 15 is 0 Å². The summed E-state index contributed by atoms with van der Waals surface area (Å²) in [5.41, 5.74) is 1.16. The molecule has 1 saturated heterocycles. The van der Waals surface area contributed by atoms with Gasteiger partial charge in [-0.05, 0) is 56.8 Å². The molecule has 1 aliphatic heterocycles. The first kappa shape index (κ1) is 14.8. The summed E-state index contributed by atoms with van der Waals surface area (Å²) < 4.78 is 6.11. The number of hydrogen-bond donors (Lipinski definition) is 1. The van der Waals surface area contributed by atoms with E-state index in [-0.39, 0.29) is 11.6 Å². The molecule has 0 bridgehead atoms. The molecule has 106 valence electrons. The van der Waals surface area contributed by atoms with E-state index in [1.54, 1.807) is 0 Å². The summed E-state index contributed by atoms with van der Waals surface area (Å²) in [7, 11) is 0. The molecular formula is C16H24ClNO. The molecule has 0 aliphatic carbocycles. The lowest BCUT2D eigenvalue weighted by atomic mass is 9.84. The Morgan fingerprint density at radius 3 is 2.63 bits per heavy atom. The van der Waals surface area contributed by atoms with Crippen LogP contribution in [-0.2, 0) is 4.74 Å². The summed E-state index contributed by atoms with van der Waals surface area (Å²) in [6.45, 7) is 6.30. The summed E-state index contributed by atoms with van der Waals surface area (Å²) >= 11 is 5.99. The van der Waals surface area contributed by atoms with Crippen LogP contribution >= 0.6 is 11.6 Å². The minimum atomic E-state index is -0.110. The lowest BCUT2D eigenvalue weighted by Gasteiger charge is -2.41. The van der Waals surface area contributed by atoms with E-state index in [4.69, 9.17) is 16.3 Å². The Hall–Kier alpha value is -0.570. The molecule has 1 aromatic rings. The summed E-state index contributed by atoms with van der Waals surface area (Å²) in [5, 5.41) is 4.43. The lowest BCUT2D eigenvalue weighted by Crippen LogP contribution is -2.46. The predicted molar refractivity (Wildman–Crippen MR) is 80.7 cm³/mol. The second kappa shape index (κ2) is 6.74. The lowest BCUT2D eigenvalue weighted by molar-refractivity contribution is -0.0897. The van der Waals surface area contributed by atoms with Crippen molar-refractivity contribution in [2.45, 2.75) is 51.2 Å². The quantitative estimate of drug-likeness (QED) is 0.867. The molecule has 1 aliphatic rings. The standard InChI is InChI=1S/C16H24ClNO/c1-3-11-18-15(13-6-8-14(17)9-7-13)16(2)10-4-5-12-19-16/h6-9,15,18H,3-5,10-12H2,1-2H3. The fourth-order valence-electron chi connectivity index (χ4n) is 2.81. The average Bonchev–Trinajstić information content (AvgIpc) is 2.42. The van der Waals surface area contributed by atoms with Crippen LogP contribution in [0.3, 0.4) is 0 Å². The zero-order valence-electron chi connectivity index (χ0n) is 11.9. The van der Waals surface area contributed by atoms with Crippen molar-refractivity contribution in [2.75, 3.05) is 13.2 Å². The first-order chi connectivity index (χ1) is 9.15. The number of nitrogens with one attached hydrogen (secondary N) is 1. The molecule has 1 fully saturated rings. The van der Waals surface area contributed by atoms with Crippen molar-refractivity contribution in [1.29, 1.82) is 0 Å². The molecule has 1 aromatic carbocycles. The Morgan fingerprint density at radius 1 is 1.32 bits per heavy atom. The molecule has 1 heterocycles. The van der Waals surface area contributed by atoms with E-state index < -0.39 is 0 Å². The fraction of sp³-hybridized carbons (Fsp3) is 0.625. The third kappa shape index (κ3) is 3.71. The zero-order valence-corrected chi connectivity index (χ0v) is 12.7. The highest BCUT2D eigenvalue weighted by molar-refractivity contribution is 6.30. The fourth-order valence-corrected chi connectivity index (χ4v) is 2.94. The van der Waals surface area contributed by atoms with Gasteiger partial charge in [0.05, 0.1) is 11.6 Å². The smallest absolute Gasteiger partial charge is 0.0848 e. The van der Waals surface area contributed by atoms with Gasteiger partial charge in [0.1, 0.15) is 0 Å². The largest absolute Gasteiger partial charge is 0.373 e. The van der Waals surface area contributed by atoms with Gasteiger partial charge in [-0.25, -0.2) is 0 Å². The highest BCUT2D eigenvalue weighted by atomic mass is 35.5. The van der Waals surface area contributed by atoms with Gasteiger partial charge in [0.2, 0.25) is 0 Å². The normalized spacial score (nSPS) is 25.2. The molecule has 2 nitrogen and oxygen atoms in total. The number of halogens is 1. The summed E-state index contributed by atoms with van der Waals surface area (Å²) in [4.78, 5) is 0. The van der Waals surface area contributed by atoms with Gasteiger partial charge in [-0.1, -0.05) is 30.7 Å². The summed E-state index contributed by atoms with van der Waals surface area (Å²) in [6.07, 6.45) is 4.66. The average molecular weight is 282 g/mol. The van der Waals surface area contributed by atoms with Gasteiger partial charge in [0.25, 0.3) is 0 Å². The van der Waals surface area contributed by atoms with Gasteiger partial charge < -0.3 is 10.1 Å².